The van der Waals surface area contributed by atoms with Crippen molar-refractivity contribution < 1.29 is 9.18 Å². The smallest absolute Gasteiger partial charge is 0.223 e. The van der Waals surface area contributed by atoms with Crippen molar-refractivity contribution in [3.8, 4) is 0 Å². The molecule has 1 aliphatic carbocycles. The normalized spacial score (nSPS) is 22.1. The second-order valence-corrected chi connectivity index (χ2v) is 6.31. The minimum atomic E-state index is -0.282. The summed E-state index contributed by atoms with van der Waals surface area (Å²) >= 11 is 0. The van der Waals surface area contributed by atoms with Crippen molar-refractivity contribution >= 4 is 5.91 Å². The van der Waals surface area contributed by atoms with Gasteiger partial charge < -0.3 is 10.6 Å². The van der Waals surface area contributed by atoms with E-state index in [2.05, 4.69) is 10.6 Å². The van der Waals surface area contributed by atoms with Crippen molar-refractivity contribution in [2.45, 2.75) is 44.1 Å². The quantitative estimate of drug-likeness (QED) is 0.898. The first-order chi connectivity index (χ1) is 10.2. The molecule has 2 N–H and O–H groups in total. The average molecular weight is 290 g/mol. The average Bonchev–Trinajstić information content (AvgIpc) is 2.98. The molecule has 1 saturated carbocycles. The van der Waals surface area contributed by atoms with Crippen LogP contribution in [0.3, 0.4) is 0 Å². The first kappa shape index (κ1) is 14.5. The van der Waals surface area contributed by atoms with E-state index in [4.69, 9.17) is 0 Å². The predicted octanol–water partition coefficient (Wildman–Crippen LogP) is 2.71. The van der Waals surface area contributed by atoms with E-state index in [9.17, 15) is 9.18 Å². The Hall–Kier alpha value is -1.42. The van der Waals surface area contributed by atoms with Crippen molar-refractivity contribution in [3.05, 3.63) is 35.6 Å². The zero-order valence-corrected chi connectivity index (χ0v) is 12.3. The lowest BCUT2D eigenvalue weighted by Crippen LogP contribution is -2.48. The fourth-order valence-electron chi connectivity index (χ4n) is 3.66. The van der Waals surface area contributed by atoms with Crippen LogP contribution in [0.2, 0.25) is 0 Å². The number of carbonyl (C=O) groups excluding carboxylic acids is 1. The third-order valence-corrected chi connectivity index (χ3v) is 4.93. The molecule has 114 valence electrons. The molecular weight excluding hydrogens is 267 g/mol. The van der Waals surface area contributed by atoms with Crippen molar-refractivity contribution in [1.82, 2.24) is 10.6 Å². The van der Waals surface area contributed by atoms with Crippen molar-refractivity contribution in [2.75, 3.05) is 13.1 Å². The number of halogens is 1. The van der Waals surface area contributed by atoms with Crippen LogP contribution in [0.1, 0.15) is 44.1 Å². The molecule has 0 radical (unpaired) electrons. The van der Waals surface area contributed by atoms with E-state index < -0.39 is 0 Å². The summed E-state index contributed by atoms with van der Waals surface area (Å²) in [6.07, 6.45) is 5.95. The Morgan fingerprint density at radius 1 is 1.14 bits per heavy atom. The monoisotopic (exact) mass is 290 g/mol. The first-order valence-corrected chi connectivity index (χ1v) is 7.98. The van der Waals surface area contributed by atoms with Crippen LogP contribution >= 0.6 is 0 Å². The molecule has 1 amide bonds. The summed E-state index contributed by atoms with van der Waals surface area (Å²) < 4.78 is 13.2. The number of piperidine rings is 1. The SMILES string of the molecule is O=C(NC1(c2ccc(F)cc2)CCCC1)C1CCNCC1. The van der Waals surface area contributed by atoms with E-state index >= 15 is 0 Å². The summed E-state index contributed by atoms with van der Waals surface area (Å²) in [6.45, 7) is 1.84. The van der Waals surface area contributed by atoms with E-state index in [1.54, 1.807) is 0 Å². The summed E-state index contributed by atoms with van der Waals surface area (Å²) in [4.78, 5) is 12.6. The fourth-order valence-corrected chi connectivity index (χ4v) is 3.66. The van der Waals surface area contributed by atoms with Crippen LogP contribution in [0, 0.1) is 11.7 Å². The number of amides is 1. The fraction of sp³-hybridized carbons (Fsp3) is 0.588. The Morgan fingerprint density at radius 2 is 1.76 bits per heavy atom. The molecule has 2 aliphatic rings. The van der Waals surface area contributed by atoms with Crippen LogP contribution in [-0.2, 0) is 10.3 Å². The van der Waals surface area contributed by atoms with Gasteiger partial charge in [-0.1, -0.05) is 25.0 Å². The van der Waals surface area contributed by atoms with Crippen LogP contribution in [-0.4, -0.2) is 19.0 Å². The number of hydrogen-bond acceptors (Lipinski definition) is 2. The van der Waals surface area contributed by atoms with E-state index in [1.165, 1.54) is 12.1 Å². The molecule has 4 heteroatoms. The highest BCUT2D eigenvalue weighted by atomic mass is 19.1. The van der Waals surface area contributed by atoms with Crippen molar-refractivity contribution in [1.29, 1.82) is 0 Å². The van der Waals surface area contributed by atoms with Gasteiger partial charge in [-0.3, -0.25) is 4.79 Å². The summed E-state index contributed by atoms with van der Waals surface area (Å²) in [6, 6.07) is 6.63. The topological polar surface area (TPSA) is 41.1 Å². The molecular formula is C17H23FN2O. The Morgan fingerprint density at radius 3 is 2.38 bits per heavy atom. The molecule has 21 heavy (non-hydrogen) atoms. The first-order valence-electron chi connectivity index (χ1n) is 7.98. The van der Waals surface area contributed by atoms with Gasteiger partial charge in [0.2, 0.25) is 5.91 Å². The highest BCUT2D eigenvalue weighted by Gasteiger charge is 2.38. The van der Waals surface area contributed by atoms with E-state index in [0.29, 0.717) is 0 Å². The Balaban J connectivity index is 1.77. The third kappa shape index (κ3) is 3.10. The molecule has 2 fully saturated rings. The summed E-state index contributed by atoms with van der Waals surface area (Å²) in [5, 5.41) is 6.60. The second-order valence-electron chi connectivity index (χ2n) is 6.31. The van der Waals surface area contributed by atoms with Gasteiger partial charge in [-0.15, -0.1) is 0 Å². The Kier molecular flexibility index (Phi) is 4.24. The van der Waals surface area contributed by atoms with Gasteiger partial charge in [0, 0.05) is 5.92 Å². The molecule has 1 aromatic carbocycles. The number of rotatable bonds is 3. The van der Waals surface area contributed by atoms with Gasteiger partial charge in [0.15, 0.2) is 0 Å². The molecule has 3 rings (SSSR count). The maximum Gasteiger partial charge on any atom is 0.223 e. The van der Waals surface area contributed by atoms with Crippen molar-refractivity contribution in [3.63, 3.8) is 0 Å². The largest absolute Gasteiger partial charge is 0.346 e. The molecule has 0 aromatic heterocycles. The minimum absolute atomic E-state index is 0.115. The van der Waals surface area contributed by atoms with Gasteiger partial charge in [-0.25, -0.2) is 4.39 Å². The molecule has 0 spiro atoms. The molecule has 1 saturated heterocycles. The van der Waals surface area contributed by atoms with Gasteiger partial charge in [-0.2, -0.15) is 0 Å². The lowest BCUT2D eigenvalue weighted by atomic mass is 9.86. The summed E-state index contributed by atoms with van der Waals surface area (Å²) in [5.74, 6) is 0.0588. The van der Waals surface area contributed by atoms with Gasteiger partial charge in [0.25, 0.3) is 0 Å². The Labute approximate surface area is 125 Å². The molecule has 1 aliphatic heterocycles. The van der Waals surface area contributed by atoms with Gasteiger partial charge in [0.05, 0.1) is 5.54 Å². The number of hydrogen-bond donors (Lipinski definition) is 2. The van der Waals surface area contributed by atoms with Gasteiger partial charge in [0.1, 0.15) is 5.82 Å². The number of nitrogens with one attached hydrogen (secondary N) is 2. The van der Waals surface area contributed by atoms with Crippen LogP contribution in [0.5, 0.6) is 0 Å². The van der Waals surface area contributed by atoms with Crippen LogP contribution in [0.15, 0.2) is 24.3 Å². The molecule has 1 aromatic rings. The maximum absolute atomic E-state index is 13.2. The summed E-state index contributed by atoms with van der Waals surface area (Å²) in [5.41, 5.74) is 0.763. The van der Waals surface area contributed by atoms with Crippen LogP contribution in [0.4, 0.5) is 4.39 Å². The van der Waals surface area contributed by atoms with Gasteiger partial charge in [-0.05, 0) is 56.5 Å². The second kappa shape index (κ2) is 6.14. The maximum atomic E-state index is 13.2. The molecule has 1 heterocycles. The molecule has 0 atom stereocenters. The highest BCUT2D eigenvalue weighted by Crippen LogP contribution is 2.39. The lowest BCUT2D eigenvalue weighted by molar-refractivity contribution is -0.127. The van der Waals surface area contributed by atoms with E-state index in [-0.39, 0.29) is 23.2 Å². The number of benzene rings is 1. The standard InChI is InChI=1S/C17H23FN2O/c18-15-5-3-14(4-6-15)17(9-1-2-10-17)20-16(21)13-7-11-19-12-8-13/h3-6,13,19H,1-2,7-12H2,(H,20,21). The zero-order valence-electron chi connectivity index (χ0n) is 12.3. The minimum Gasteiger partial charge on any atom is -0.346 e. The van der Waals surface area contributed by atoms with Gasteiger partial charge >= 0.3 is 0 Å². The zero-order chi connectivity index (χ0) is 14.7. The molecule has 0 bridgehead atoms. The van der Waals surface area contributed by atoms with E-state index in [0.717, 1.165) is 57.2 Å². The predicted molar refractivity (Wildman–Crippen MR) is 80.3 cm³/mol. The van der Waals surface area contributed by atoms with Crippen LogP contribution < -0.4 is 10.6 Å². The van der Waals surface area contributed by atoms with E-state index in [1.807, 2.05) is 12.1 Å². The molecule has 0 unspecified atom stereocenters. The van der Waals surface area contributed by atoms with Crippen LogP contribution in [0.25, 0.3) is 0 Å². The number of carbonyl (C=O) groups is 1. The lowest BCUT2D eigenvalue weighted by Gasteiger charge is -2.34. The molecule has 3 nitrogen and oxygen atoms in total. The Bertz CT molecular complexity index is 488. The van der Waals surface area contributed by atoms with Crippen molar-refractivity contribution in [2.24, 2.45) is 5.92 Å². The summed E-state index contributed by atoms with van der Waals surface area (Å²) in [7, 11) is 0. The third-order valence-electron chi connectivity index (χ3n) is 4.93. The highest BCUT2D eigenvalue weighted by molar-refractivity contribution is 5.79.